The lowest BCUT2D eigenvalue weighted by Crippen LogP contribution is -2.31. The van der Waals surface area contributed by atoms with Crippen LogP contribution in [0.3, 0.4) is 0 Å². The Hall–Kier alpha value is -2.10. The van der Waals surface area contributed by atoms with E-state index in [1.165, 1.54) is 0 Å². The molecule has 0 bridgehead atoms. The number of nitrogens with one attached hydrogen (secondary N) is 1. The van der Waals surface area contributed by atoms with Gasteiger partial charge in [-0.1, -0.05) is 48.0 Å². The van der Waals surface area contributed by atoms with E-state index >= 15 is 0 Å². The topological polar surface area (TPSA) is 45.1 Å². The Morgan fingerprint density at radius 2 is 1.77 bits per heavy atom. The Balaban J connectivity index is 1.79. The molecular formula is C18H17ClN2O. The molecule has 1 aromatic heterocycles. The first-order valence-electron chi connectivity index (χ1n) is 7.13. The first-order valence-corrected chi connectivity index (χ1v) is 7.51. The molecule has 2 N–H and O–H groups in total. The van der Waals surface area contributed by atoms with Crippen molar-refractivity contribution >= 4 is 28.3 Å². The fourth-order valence-corrected chi connectivity index (χ4v) is 2.76. The van der Waals surface area contributed by atoms with Crippen LogP contribution in [0.25, 0.3) is 10.9 Å². The average Bonchev–Trinajstić information content (AvgIpc) is 2.53. The highest BCUT2D eigenvalue weighted by Crippen LogP contribution is 2.28. The molecule has 1 atom stereocenters. The van der Waals surface area contributed by atoms with Crippen molar-refractivity contribution < 1.29 is 5.11 Å². The van der Waals surface area contributed by atoms with Crippen molar-refractivity contribution in [3.8, 4) is 0 Å². The summed E-state index contributed by atoms with van der Waals surface area (Å²) in [6.07, 6.45) is 0. The molecular weight excluding hydrogens is 296 g/mol. The van der Waals surface area contributed by atoms with Gasteiger partial charge in [0.2, 0.25) is 0 Å². The molecule has 0 fully saturated rings. The third-order valence-corrected chi connectivity index (χ3v) is 4.00. The number of hydrogen-bond acceptors (Lipinski definition) is 3. The second-order valence-corrected chi connectivity index (χ2v) is 5.90. The van der Waals surface area contributed by atoms with E-state index in [0.717, 1.165) is 16.7 Å². The smallest absolute Gasteiger partial charge is 0.126 e. The standard InChI is InChI=1S/C18H17ClN2O/c1-18(22,14-7-3-4-8-15(14)19)12-20-17-11-10-13-6-2-5-9-16(13)21-17/h2-11,22H,12H2,1H3,(H,20,21). The molecule has 0 aliphatic heterocycles. The summed E-state index contributed by atoms with van der Waals surface area (Å²) in [6.45, 7) is 2.06. The van der Waals surface area contributed by atoms with E-state index in [1.807, 2.05) is 54.6 Å². The number of nitrogens with zero attached hydrogens (tertiary/aromatic N) is 1. The Kier molecular flexibility index (Phi) is 4.01. The Labute approximate surface area is 134 Å². The first kappa shape index (κ1) is 14.8. The van der Waals surface area contributed by atoms with Crippen LogP contribution < -0.4 is 5.32 Å². The van der Waals surface area contributed by atoms with E-state index in [9.17, 15) is 5.11 Å². The van der Waals surface area contributed by atoms with Gasteiger partial charge in [-0.3, -0.25) is 0 Å². The van der Waals surface area contributed by atoms with Gasteiger partial charge in [0.15, 0.2) is 0 Å². The number of fused-ring (bicyclic) bond motifs is 1. The molecule has 0 spiro atoms. The first-order chi connectivity index (χ1) is 10.6. The summed E-state index contributed by atoms with van der Waals surface area (Å²) in [5, 5.41) is 15.5. The number of pyridine rings is 1. The normalized spacial score (nSPS) is 13.8. The molecule has 22 heavy (non-hydrogen) atoms. The number of aliphatic hydroxyl groups is 1. The van der Waals surface area contributed by atoms with E-state index in [-0.39, 0.29) is 0 Å². The summed E-state index contributed by atoms with van der Waals surface area (Å²) in [6, 6.07) is 19.2. The molecule has 1 unspecified atom stereocenters. The second-order valence-electron chi connectivity index (χ2n) is 5.50. The van der Waals surface area contributed by atoms with Crippen molar-refractivity contribution in [1.82, 2.24) is 4.98 Å². The highest BCUT2D eigenvalue weighted by Gasteiger charge is 2.25. The minimum absolute atomic E-state index is 0.322. The van der Waals surface area contributed by atoms with Crippen LogP contribution in [0.5, 0.6) is 0 Å². The maximum Gasteiger partial charge on any atom is 0.126 e. The number of halogens is 1. The van der Waals surface area contributed by atoms with Crippen molar-refractivity contribution in [1.29, 1.82) is 0 Å². The minimum atomic E-state index is -1.08. The van der Waals surface area contributed by atoms with Crippen LogP contribution in [0, 0.1) is 0 Å². The van der Waals surface area contributed by atoms with Crippen LogP contribution in [-0.4, -0.2) is 16.6 Å². The molecule has 3 nitrogen and oxygen atoms in total. The Bertz CT molecular complexity index is 802. The van der Waals surface area contributed by atoms with Gasteiger partial charge in [0.05, 0.1) is 5.52 Å². The Morgan fingerprint density at radius 3 is 2.59 bits per heavy atom. The van der Waals surface area contributed by atoms with Crippen LogP contribution in [0.15, 0.2) is 60.7 Å². The number of hydrogen-bond donors (Lipinski definition) is 2. The van der Waals surface area contributed by atoms with Crippen LogP contribution in [-0.2, 0) is 5.60 Å². The van der Waals surface area contributed by atoms with Crippen molar-refractivity contribution in [3.05, 3.63) is 71.2 Å². The third-order valence-electron chi connectivity index (χ3n) is 3.67. The highest BCUT2D eigenvalue weighted by molar-refractivity contribution is 6.31. The van der Waals surface area contributed by atoms with Gasteiger partial charge in [-0.15, -0.1) is 0 Å². The maximum atomic E-state index is 10.7. The number of rotatable bonds is 4. The molecule has 1 heterocycles. The number of benzene rings is 2. The molecule has 0 saturated carbocycles. The van der Waals surface area contributed by atoms with Crippen LogP contribution in [0.1, 0.15) is 12.5 Å². The van der Waals surface area contributed by atoms with Gasteiger partial charge in [0.1, 0.15) is 11.4 Å². The zero-order valence-electron chi connectivity index (χ0n) is 12.3. The molecule has 112 valence electrons. The van der Waals surface area contributed by atoms with Crippen molar-refractivity contribution in [2.45, 2.75) is 12.5 Å². The Morgan fingerprint density at radius 1 is 1.05 bits per heavy atom. The zero-order chi connectivity index (χ0) is 15.6. The van der Waals surface area contributed by atoms with Gasteiger partial charge in [0.25, 0.3) is 0 Å². The fourth-order valence-electron chi connectivity index (χ4n) is 2.42. The van der Waals surface area contributed by atoms with Crippen molar-refractivity contribution in [2.24, 2.45) is 0 Å². The van der Waals surface area contributed by atoms with E-state index in [0.29, 0.717) is 17.1 Å². The van der Waals surface area contributed by atoms with Crippen molar-refractivity contribution in [3.63, 3.8) is 0 Å². The van der Waals surface area contributed by atoms with Crippen LogP contribution in [0.2, 0.25) is 5.02 Å². The lowest BCUT2D eigenvalue weighted by atomic mass is 9.96. The predicted octanol–water partition coefficient (Wildman–Crippen LogP) is 4.21. The van der Waals surface area contributed by atoms with Gasteiger partial charge in [-0.05, 0) is 31.2 Å². The van der Waals surface area contributed by atoms with Gasteiger partial charge in [-0.25, -0.2) is 4.98 Å². The SMILES string of the molecule is CC(O)(CNc1ccc2ccccc2n1)c1ccccc1Cl. The molecule has 2 aromatic carbocycles. The molecule has 0 saturated heterocycles. The van der Waals surface area contributed by atoms with E-state index in [1.54, 1.807) is 13.0 Å². The van der Waals surface area contributed by atoms with E-state index in [2.05, 4.69) is 10.3 Å². The highest BCUT2D eigenvalue weighted by atomic mass is 35.5. The predicted molar refractivity (Wildman–Crippen MR) is 91.3 cm³/mol. The molecule has 0 aliphatic rings. The average molecular weight is 313 g/mol. The summed E-state index contributed by atoms with van der Waals surface area (Å²) in [5.74, 6) is 0.728. The maximum absolute atomic E-state index is 10.7. The molecule has 3 aromatic rings. The largest absolute Gasteiger partial charge is 0.384 e. The summed E-state index contributed by atoms with van der Waals surface area (Å²) >= 11 is 6.17. The second kappa shape index (κ2) is 5.95. The summed E-state index contributed by atoms with van der Waals surface area (Å²) in [7, 11) is 0. The number of para-hydroxylation sites is 1. The number of anilines is 1. The van der Waals surface area contributed by atoms with Crippen LogP contribution in [0.4, 0.5) is 5.82 Å². The van der Waals surface area contributed by atoms with E-state index < -0.39 is 5.60 Å². The minimum Gasteiger partial charge on any atom is -0.384 e. The molecule has 0 amide bonds. The summed E-state index contributed by atoms with van der Waals surface area (Å²) in [4.78, 5) is 4.54. The molecule has 3 rings (SSSR count). The quantitative estimate of drug-likeness (QED) is 0.758. The monoisotopic (exact) mass is 312 g/mol. The lowest BCUT2D eigenvalue weighted by Gasteiger charge is -2.25. The van der Waals surface area contributed by atoms with Gasteiger partial charge in [0, 0.05) is 22.5 Å². The number of aromatic nitrogens is 1. The summed E-state index contributed by atoms with van der Waals surface area (Å²) < 4.78 is 0. The fraction of sp³-hybridized carbons (Fsp3) is 0.167. The van der Waals surface area contributed by atoms with Gasteiger partial charge >= 0.3 is 0 Å². The van der Waals surface area contributed by atoms with Gasteiger partial charge in [-0.2, -0.15) is 0 Å². The van der Waals surface area contributed by atoms with Gasteiger partial charge < -0.3 is 10.4 Å². The molecule has 0 radical (unpaired) electrons. The zero-order valence-corrected chi connectivity index (χ0v) is 13.0. The molecule has 4 heteroatoms. The van der Waals surface area contributed by atoms with Crippen molar-refractivity contribution in [2.75, 3.05) is 11.9 Å². The van der Waals surface area contributed by atoms with E-state index in [4.69, 9.17) is 11.6 Å². The lowest BCUT2D eigenvalue weighted by molar-refractivity contribution is 0.0715. The summed E-state index contributed by atoms with van der Waals surface area (Å²) in [5.41, 5.74) is 0.543. The third kappa shape index (κ3) is 3.06. The van der Waals surface area contributed by atoms with Crippen LogP contribution >= 0.6 is 11.6 Å². The molecule has 0 aliphatic carbocycles.